The Bertz CT molecular complexity index is 442. The minimum atomic E-state index is 0.473. The van der Waals surface area contributed by atoms with Crippen molar-refractivity contribution in [1.82, 2.24) is 19.9 Å². The van der Waals surface area contributed by atoms with Crippen LogP contribution in [-0.2, 0) is 6.54 Å². The predicted molar refractivity (Wildman–Crippen MR) is 63.4 cm³/mol. The molecule has 1 aliphatic rings. The third-order valence-electron chi connectivity index (χ3n) is 2.98. The first-order valence-electron chi connectivity index (χ1n) is 5.54. The zero-order valence-electron chi connectivity index (χ0n) is 8.97. The van der Waals surface area contributed by atoms with Gasteiger partial charge in [-0.25, -0.2) is 9.97 Å². The van der Waals surface area contributed by atoms with Gasteiger partial charge in [0, 0.05) is 17.6 Å². The van der Waals surface area contributed by atoms with Crippen molar-refractivity contribution in [2.75, 3.05) is 6.54 Å². The van der Waals surface area contributed by atoms with E-state index in [0.717, 1.165) is 18.8 Å². The van der Waals surface area contributed by atoms with Gasteiger partial charge in [-0.3, -0.25) is 0 Å². The standard InChI is InChI=1S/C11H14N4S/c1-2-10(13-3-1)11-4-12-7-15(11)5-9-6-16-8-14-9/h4,6-8,10,13H,1-3,5H2. The van der Waals surface area contributed by atoms with Crippen molar-refractivity contribution in [3.63, 3.8) is 0 Å². The smallest absolute Gasteiger partial charge is 0.0952 e. The van der Waals surface area contributed by atoms with E-state index in [9.17, 15) is 0 Å². The number of aromatic nitrogens is 3. The second kappa shape index (κ2) is 4.35. The lowest BCUT2D eigenvalue weighted by Crippen LogP contribution is -2.17. The van der Waals surface area contributed by atoms with Crippen molar-refractivity contribution in [2.24, 2.45) is 0 Å². The Kier molecular flexibility index (Phi) is 2.71. The average molecular weight is 234 g/mol. The lowest BCUT2D eigenvalue weighted by molar-refractivity contribution is 0.582. The molecule has 1 N–H and O–H groups in total. The predicted octanol–water partition coefficient (Wildman–Crippen LogP) is 1.81. The molecular formula is C11H14N4S. The summed E-state index contributed by atoms with van der Waals surface area (Å²) < 4.78 is 2.19. The van der Waals surface area contributed by atoms with E-state index in [4.69, 9.17) is 0 Å². The molecular weight excluding hydrogens is 220 g/mol. The maximum atomic E-state index is 4.31. The van der Waals surface area contributed by atoms with E-state index >= 15 is 0 Å². The molecule has 1 unspecified atom stereocenters. The summed E-state index contributed by atoms with van der Waals surface area (Å²) in [6, 6.07) is 0.473. The Morgan fingerprint density at radius 1 is 1.56 bits per heavy atom. The van der Waals surface area contributed by atoms with Crippen LogP contribution in [0.5, 0.6) is 0 Å². The number of rotatable bonds is 3. The molecule has 1 aliphatic heterocycles. The van der Waals surface area contributed by atoms with Gasteiger partial charge in [0.15, 0.2) is 0 Å². The summed E-state index contributed by atoms with van der Waals surface area (Å²) in [7, 11) is 0. The molecule has 0 bridgehead atoms. The Morgan fingerprint density at radius 2 is 2.56 bits per heavy atom. The summed E-state index contributed by atoms with van der Waals surface area (Å²) in [5, 5.41) is 5.59. The van der Waals surface area contributed by atoms with Crippen molar-refractivity contribution >= 4 is 11.3 Å². The first kappa shape index (κ1) is 9.99. The van der Waals surface area contributed by atoms with Gasteiger partial charge in [0.1, 0.15) is 0 Å². The second-order valence-electron chi connectivity index (χ2n) is 4.08. The largest absolute Gasteiger partial charge is 0.327 e. The van der Waals surface area contributed by atoms with Crippen LogP contribution in [0, 0.1) is 0 Å². The molecule has 3 heterocycles. The first-order valence-corrected chi connectivity index (χ1v) is 6.48. The number of nitrogens with one attached hydrogen (secondary N) is 1. The minimum absolute atomic E-state index is 0.473. The summed E-state index contributed by atoms with van der Waals surface area (Å²) in [5.74, 6) is 0. The normalized spacial score (nSPS) is 20.4. The molecule has 4 nitrogen and oxygen atoms in total. The van der Waals surface area contributed by atoms with E-state index in [1.807, 2.05) is 18.0 Å². The molecule has 0 spiro atoms. The van der Waals surface area contributed by atoms with Crippen LogP contribution in [0.3, 0.4) is 0 Å². The lowest BCUT2D eigenvalue weighted by atomic mass is 10.2. The Hall–Kier alpha value is -1.20. The van der Waals surface area contributed by atoms with Crippen molar-refractivity contribution < 1.29 is 0 Å². The average Bonchev–Trinajstić information content (AvgIpc) is 2.98. The van der Waals surface area contributed by atoms with E-state index in [1.165, 1.54) is 18.5 Å². The summed E-state index contributed by atoms with van der Waals surface area (Å²) >= 11 is 1.64. The summed E-state index contributed by atoms with van der Waals surface area (Å²) in [4.78, 5) is 8.55. The van der Waals surface area contributed by atoms with Crippen LogP contribution in [0.2, 0.25) is 0 Å². The molecule has 0 aliphatic carbocycles. The highest BCUT2D eigenvalue weighted by Crippen LogP contribution is 2.23. The molecule has 3 rings (SSSR count). The van der Waals surface area contributed by atoms with Gasteiger partial charge < -0.3 is 9.88 Å². The molecule has 0 saturated carbocycles. The molecule has 0 aromatic carbocycles. The van der Waals surface area contributed by atoms with Crippen LogP contribution >= 0.6 is 11.3 Å². The van der Waals surface area contributed by atoms with Gasteiger partial charge in [0.25, 0.3) is 0 Å². The Morgan fingerprint density at radius 3 is 3.31 bits per heavy atom. The maximum Gasteiger partial charge on any atom is 0.0952 e. The first-order chi connectivity index (χ1) is 7.93. The zero-order valence-corrected chi connectivity index (χ0v) is 9.78. The molecule has 16 heavy (non-hydrogen) atoms. The molecule has 0 amide bonds. The highest BCUT2D eigenvalue weighted by molar-refractivity contribution is 7.07. The summed E-state index contributed by atoms with van der Waals surface area (Å²) in [5.41, 5.74) is 4.27. The van der Waals surface area contributed by atoms with Gasteiger partial charge in [-0.1, -0.05) is 0 Å². The molecule has 2 aromatic heterocycles. The zero-order chi connectivity index (χ0) is 10.8. The third kappa shape index (κ3) is 1.88. The van der Waals surface area contributed by atoms with Crippen molar-refractivity contribution in [2.45, 2.75) is 25.4 Å². The molecule has 84 valence electrons. The van der Waals surface area contributed by atoms with Gasteiger partial charge in [-0.05, 0) is 19.4 Å². The second-order valence-corrected chi connectivity index (χ2v) is 4.79. The van der Waals surface area contributed by atoms with Crippen molar-refractivity contribution in [3.8, 4) is 0 Å². The van der Waals surface area contributed by atoms with E-state index in [2.05, 4.69) is 25.2 Å². The van der Waals surface area contributed by atoms with E-state index in [1.54, 1.807) is 11.3 Å². The van der Waals surface area contributed by atoms with E-state index in [-0.39, 0.29) is 0 Å². The molecule has 1 fully saturated rings. The maximum absolute atomic E-state index is 4.31. The van der Waals surface area contributed by atoms with Crippen molar-refractivity contribution in [1.29, 1.82) is 0 Å². The van der Waals surface area contributed by atoms with Gasteiger partial charge >= 0.3 is 0 Å². The molecule has 0 radical (unpaired) electrons. The molecule has 2 aromatic rings. The molecule has 1 saturated heterocycles. The summed E-state index contributed by atoms with van der Waals surface area (Å²) in [6.45, 7) is 1.95. The van der Waals surface area contributed by atoms with Crippen LogP contribution in [0.25, 0.3) is 0 Å². The monoisotopic (exact) mass is 234 g/mol. The van der Waals surface area contributed by atoms with Crippen LogP contribution in [0.1, 0.15) is 30.3 Å². The van der Waals surface area contributed by atoms with Crippen molar-refractivity contribution in [3.05, 3.63) is 34.8 Å². The number of hydrogen-bond acceptors (Lipinski definition) is 4. The van der Waals surface area contributed by atoms with Gasteiger partial charge in [-0.2, -0.15) is 0 Å². The quantitative estimate of drug-likeness (QED) is 0.880. The number of imidazole rings is 1. The lowest BCUT2D eigenvalue weighted by Gasteiger charge is -2.12. The summed E-state index contributed by atoms with van der Waals surface area (Å²) in [6.07, 6.45) is 6.33. The molecule has 5 heteroatoms. The highest BCUT2D eigenvalue weighted by atomic mass is 32.1. The topological polar surface area (TPSA) is 42.7 Å². The number of nitrogens with zero attached hydrogens (tertiary/aromatic N) is 3. The highest BCUT2D eigenvalue weighted by Gasteiger charge is 2.19. The fraction of sp³-hybridized carbons (Fsp3) is 0.455. The Labute approximate surface area is 98.4 Å². The third-order valence-corrected chi connectivity index (χ3v) is 3.61. The molecule has 1 atom stereocenters. The van der Waals surface area contributed by atoms with Gasteiger partial charge in [-0.15, -0.1) is 11.3 Å². The minimum Gasteiger partial charge on any atom is -0.327 e. The fourth-order valence-electron chi connectivity index (χ4n) is 2.18. The fourth-order valence-corrected chi connectivity index (χ4v) is 2.73. The van der Waals surface area contributed by atoms with Crippen LogP contribution in [0.15, 0.2) is 23.4 Å². The van der Waals surface area contributed by atoms with Gasteiger partial charge in [0.2, 0.25) is 0 Å². The Balaban J connectivity index is 1.82. The van der Waals surface area contributed by atoms with Crippen LogP contribution in [0.4, 0.5) is 0 Å². The van der Waals surface area contributed by atoms with E-state index < -0.39 is 0 Å². The number of thiazole rings is 1. The van der Waals surface area contributed by atoms with E-state index in [0.29, 0.717) is 6.04 Å². The van der Waals surface area contributed by atoms with Gasteiger partial charge in [0.05, 0.1) is 29.8 Å². The SMILES string of the molecule is c1nc(Cn2cncc2C2CCCN2)cs1. The number of hydrogen-bond donors (Lipinski definition) is 1. The van der Waals surface area contributed by atoms with Crippen LogP contribution in [-0.4, -0.2) is 21.1 Å². The van der Waals surface area contributed by atoms with Crippen LogP contribution < -0.4 is 5.32 Å².